The molecule has 2 aromatic carbocycles. The Labute approximate surface area is 141 Å². The lowest BCUT2D eigenvalue weighted by molar-refractivity contribution is -0.140. The highest BCUT2D eigenvalue weighted by Gasteiger charge is 2.39. The number of alkyl halides is 3. The predicted octanol–water partition coefficient (Wildman–Crippen LogP) is 3.81. The fraction of sp³-hybridized carbons (Fsp3) is 0.278. The summed E-state index contributed by atoms with van der Waals surface area (Å²) >= 11 is 0. The first-order valence-corrected chi connectivity index (χ1v) is 7.73. The summed E-state index contributed by atoms with van der Waals surface area (Å²) in [5.41, 5.74) is 7.22. The van der Waals surface area contributed by atoms with Crippen molar-refractivity contribution < 1.29 is 22.4 Å². The lowest BCUT2D eigenvalue weighted by atomic mass is 9.84. The molecule has 0 bridgehead atoms. The van der Waals surface area contributed by atoms with Crippen LogP contribution in [0.25, 0.3) is 0 Å². The Bertz CT molecular complexity index is 804. The number of amides is 1. The Morgan fingerprint density at radius 3 is 2.64 bits per heavy atom. The second kappa shape index (κ2) is 6.48. The van der Waals surface area contributed by atoms with Gasteiger partial charge in [0, 0.05) is 24.1 Å². The largest absolute Gasteiger partial charge is 0.389 e. The molecule has 1 amide bonds. The molecule has 1 aliphatic rings. The van der Waals surface area contributed by atoms with Gasteiger partial charge in [-0.2, -0.15) is 13.2 Å². The minimum absolute atomic E-state index is 0.279. The summed E-state index contributed by atoms with van der Waals surface area (Å²) in [4.78, 5) is 11.3. The highest BCUT2D eigenvalue weighted by atomic mass is 19.4. The number of primary amides is 1. The van der Waals surface area contributed by atoms with Crippen LogP contribution in [0.2, 0.25) is 0 Å². The van der Waals surface area contributed by atoms with E-state index in [1.54, 1.807) is 12.1 Å². The number of nitrogens with two attached hydrogens (primary N) is 1. The summed E-state index contributed by atoms with van der Waals surface area (Å²) in [6.45, 7) is 0.324. The van der Waals surface area contributed by atoms with Crippen molar-refractivity contribution in [2.75, 3.05) is 0 Å². The predicted molar refractivity (Wildman–Crippen MR) is 84.4 cm³/mol. The van der Waals surface area contributed by atoms with E-state index in [1.807, 2.05) is 0 Å². The van der Waals surface area contributed by atoms with Crippen molar-refractivity contribution in [2.24, 2.45) is 5.73 Å². The smallest absolute Gasteiger partial charge is 0.366 e. The third-order valence-electron chi connectivity index (χ3n) is 4.41. The Hall–Kier alpha value is -2.41. The zero-order chi connectivity index (χ0) is 18.2. The lowest BCUT2D eigenvalue weighted by Crippen LogP contribution is -2.25. The van der Waals surface area contributed by atoms with Crippen molar-refractivity contribution in [1.82, 2.24) is 5.32 Å². The molecule has 1 heterocycles. The zero-order valence-corrected chi connectivity index (χ0v) is 13.1. The number of nitrogens with one attached hydrogen (secondary N) is 1. The van der Waals surface area contributed by atoms with Gasteiger partial charge >= 0.3 is 6.18 Å². The van der Waals surface area contributed by atoms with Crippen molar-refractivity contribution in [3.05, 3.63) is 70.5 Å². The fourth-order valence-electron chi connectivity index (χ4n) is 3.32. The van der Waals surface area contributed by atoms with E-state index in [0.717, 1.165) is 11.6 Å². The van der Waals surface area contributed by atoms with E-state index in [9.17, 15) is 22.4 Å². The lowest BCUT2D eigenvalue weighted by Gasteiger charge is -2.26. The molecule has 7 heteroatoms. The molecule has 0 aromatic heterocycles. The zero-order valence-electron chi connectivity index (χ0n) is 13.1. The first kappa shape index (κ1) is 17.4. The summed E-state index contributed by atoms with van der Waals surface area (Å²) in [5.74, 6) is -2.15. The molecule has 3 rings (SSSR count). The monoisotopic (exact) mass is 352 g/mol. The Kier molecular flexibility index (Phi) is 4.51. The second-order valence-corrected chi connectivity index (χ2v) is 6.12. The van der Waals surface area contributed by atoms with Gasteiger partial charge in [-0.3, -0.25) is 4.79 Å². The van der Waals surface area contributed by atoms with E-state index in [2.05, 4.69) is 5.32 Å². The summed E-state index contributed by atoms with van der Waals surface area (Å²) in [6.07, 6.45) is -5.47. The third kappa shape index (κ3) is 3.82. The molecule has 0 fully saturated rings. The van der Waals surface area contributed by atoms with E-state index in [0.29, 0.717) is 17.7 Å². The second-order valence-electron chi connectivity index (χ2n) is 6.12. The number of hydrogen-bond acceptors (Lipinski definition) is 2. The summed E-state index contributed by atoms with van der Waals surface area (Å²) in [6, 6.07) is 9.30. The fourth-order valence-corrected chi connectivity index (χ4v) is 3.32. The van der Waals surface area contributed by atoms with Crippen LogP contribution < -0.4 is 11.1 Å². The van der Waals surface area contributed by atoms with Crippen LogP contribution in [0, 0.1) is 5.82 Å². The molecule has 3 N–H and O–H groups in total. The van der Waals surface area contributed by atoms with Crippen LogP contribution >= 0.6 is 0 Å². The summed E-state index contributed by atoms with van der Waals surface area (Å²) < 4.78 is 52.9. The quantitative estimate of drug-likeness (QED) is 0.823. The Morgan fingerprint density at radius 2 is 2.00 bits per heavy atom. The Morgan fingerprint density at radius 1 is 1.24 bits per heavy atom. The van der Waals surface area contributed by atoms with Crippen molar-refractivity contribution in [3.8, 4) is 0 Å². The van der Waals surface area contributed by atoms with E-state index in [-0.39, 0.29) is 5.56 Å². The van der Waals surface area contributed by atoms with Gasteiger partial charge in [0.05, 0.1) is 6.42 Å². The molecule has 2 aromatic rings. The van der Waals surface area contributed by atoms with Crippen LogP contribution in [0.4, 0.5) is 17.6 Å². The SMILES string of the molecule is NC(=O)c1ccc2c(c1)CNC2[C@@H](CC(F)(F)F)c1cccc(F)c1. The van der Waals surface area contributed by atoms with Crippen molar-refractivity contribution in [1.29, 1.82) is 0 Å². The Balaban J connectivity index is 2.00. The maximum absolute atomic E-state index is 13.5. The van der Waals surface area contributed by atoms with Crippen LogP contribution in [-0.2, 0) is 6.54 Å². The number of benzene rings is 2. The van der Waals surface area contributed by atoms with Crippen LogP contribution in [0.3, 0.4) is 0 Å². The molecular formula is C18H16F4N2O. The van der Waals surface area contributed by atoms with Crippen molar-refractivity contribution >= 4 is 5.91 Å². The molecule has 132 valence electrons. The minimum atomic E-state index is -4.39. The molecular weight excluding hydrogens is 336 g/mol. The number of halogens is 4. The van der Waals surface area contributed by atoms with Gasteiger partial charge in [0.25, 0.3) is 0 Å². The molecule has 3 nitrogen and oxygen atoms in total. The summed E-state index contributed by atoms with van der Waals surface area (Å²) in [5, 5.41) is 3.05. The first-order chi connectivity index (χ1) is 11.7. The van der Waals surface area contributed by atoms with E-state index in [4.69, 9.17) is 5.73 Å². The first-order valence-electron chi connectivity index (χ1n) is 7.73. The van der Waals surface area contributed by atoms with Gasteiger partial charge in [0.15, 0.2) is 0 Å². The van der Waals surface area contributed by atoms with Gasteiger partial charge in [-0.25, -0.2) is 4.39 Å². The van der Waals surface area contributed by atoms with Crippen molar-refractivity contribution in [3.63, 3.8) is 0 Å². The third-order valence-corrected chi connectivity index (χ3v) is 4.41. The maximum Gasteiger partial charge on any atom is 0.389 e. The van der Waals surface area contributed by atoms with Gasteiger partial charge in [-0.15, -0.1) is 0 Å². The van der Waals surface area contributed by atoms with Crippen LogP contribution in [-0.4, -0.2) is 12.1 Å². The minimum Gasteiger partial charge on any atom is -0.366 e. The van der Waals surface area contributed by atoms with Crippen LogP contribution in [0.1, 0.15) is 45.4 Å². The van der Waals surface area contributed by atoms with Gasteiger partial charge in [-0.05, 0) is 41.0 Å². The molecule has 0 aliphatic carbocycles. The molecule has 0 saturated heterocycles. The van der Waals surface area contributed by atoms with Crippen LogP contribution in [0.5, 0.6) is 0 Å². The number of fused-ring (bicyclic) bond motifs is 1. The average Bonchev–Trinajstić information content (AvgIpc) is 2.94. The van der Waals surface area contributed by atoms with E-state index in [1.165, 1.54) is 24.3 Å². The average molecular weight is 352 g/mol. The number of carbonyl (C=O) groups excluding carboxylic acids is 1. The molecule has 0 saturated carbocycles. The molecule has 1 unspecified atom stereocenters. The highest BCUT2D eigenvalue weighted by molar-refractivity contribution is 5.93. The molecule has 25 heavy (non-hydrogen) atoms. The van der Waals surface area contributed by atoms with Crippen molar-refractivity contribution in [2.45, 2.75) is 31.1 Å². The number of rotatable bonds is 4. The normalized spacial score (nSPS) is 18.0. The van der Waals surface area contributed by atoms with Gasteiger partial charge < -0.3 is 11.1 Å². The maximum atomic E-state index is 13.5. The summed E-state index contributed by atoms with van der Waals surface area (Å²) in [7, 11) is 0. The number of hydrogen-bond donors (Lipinski definition) is 2. The molecule has 1 aliphatic heterocycles. The standard InChI is InChI=1S/C18H16F4N2O/c19-13-3-1-2-10(7-13)15(8-18(20,21)22)16-14-5-4-11(17(23)25)6-12(14)9-24-16/h1-7,15-16,24H,8-9H2,(H2,23,25)/t15-,16?/m0/s1. The van der Waals surface area contributed by atoms with E-state index >= 15 is 0 Å². The van der Waals surface area contributed by atoms with Gasteiger partial charge in [-0.1, -0.05) is 18.2 Å². The molecule has 0 radical (unpaired) electrons. The highest BCUT2D eigenvalue weighted by Crippen LogP contribution is 2.43. The topological polar surface area (TPSA) is 55.1 Å². The molecule has 0 spiro atoms. The molecule has 2 atom stereocenters. The van der Waals surface area contributed by atoms with Gasteiger partial charge in [0.1, 0.15) is 5.82 Å². The van der Waals surface area contributed by atoms with E-state index < -0.39 is 36.3 Å². The number of carbonyl (C=O) groups is 1. The van der Waals surface area contributed by atoms with Crippen LogP contribution in [0.15, 0.2) is 42.5 Å². The van der Waals surface area contributed by atoms with Gasteiger partial charge in [0.2, 0.25) is 5.91 Å².